The van der Waals surface area contributed by atoms with Gasteiger partial charge in [0.25, 0.3) is 0 Å². The summed E-state index contributed by atoms with van der Waals surface area (Å²) in [6.45, 7) is 2.15. The van der Waals surface area contributed by atoms with E-state index in [1.165, 1.54) is 5.56 Å². The molecule has 0 aliphatic carbocycles. The summed E-state index contributed by atoms with van der Waals surface area (Å²) in [7, 11) is 0. The van der Waals surface area contributed by atoms with Crippen LogP contribution >= 0.6 is 0 Å². The molecule has 2 nitrogen and oxygen atoms in total. The fourth-order valence-corrected chi connectivity index (χ4v) is 3.03. The van der Waals surface area contributed by atoms with Gasteiger partial charge in [0.1, 0.15) is 0 Å². The Labute approximate surface area is 137 Å². The molecule has 0 aromatic heterocycles. The zero-order valence-corrected chi connectivity index (χ0v) is 13.3. The van der Waals surface area contributed by atoms with Crippen LogP contribution in [0, 0.1) is 0 Å². The van der Waals surface area contributed by atoms with Crippen LogP contribution in [0.25, 0.3) is 0 Å². The zero-order chi connectivity index (χ0) is 16.1. The molecule has 116 valence electrons. The van der Waals surface area contributed by atoms with Crippen LogP contribution in [0.5, 0.6) is 0 Å². The first-order chi connectivity index (χ1) is 11.3. The van der Waals surface area contributed by atoms with Gasteiger partial charge < -0.3 is 0 Å². The number of hydrogen-bond donors (Lipinski definition) is 1. The smallest absolute Gasteiger partial charge is 0.164 e. The van der Waals surface area contributed by atoms with Gasteiger partial charge in [0.05, 0.1) is 0 Å². The Balaban J connectivity index is 2.24. The van der Waals surface area contributed by atoms with Crippen molar-refractivity contribution in [2.45, 2.75) is 18.9 Å². The monoisotopic (exact) mass is 303 g/mol. The summed E-state index contributed by atoms with van der Waals surface area (Å²) in [4.78, 5) is 5.67. The Morgan fingerprint density at radius 3 is 1.52 bits per heavy atom. The fourth-order valence-electron chi connectivity index (χ4n) is 3.03. The number of benzene rings is 3. The van der Waals surface area contributed by atoms with Gasteiger partial charge in [-0.05, 0) is 28.7 Å². The van der Waals surface area contributed by atoms with Gasteiger partial charge in [0, 0.05) is 0 Å². The second kappa shape index (κ2) is 6.78. The van der Waals surface area contributed by atoms with Gasteiger partial charge in [-0.2, -0.15) is 0 Å². The average molecular weight is 303 g/mol. The summed E-state index contributed by atoms with van der Waals surface area (Å²) < 4.78 is 0. The fraction of sp³-hybridized carbons (Fsp3) is 0.143. The normalized spacial score (nSPS) is 11.4. The van der Waals surface area contributed by atoms with Gasteiger partial charge in [0.15, 0.2) is 5.60 Å². The van der Waals surface area contributed by atoms with E-state index in [4.69, 9.17) is 10.7 Å². The highest BCUT2D eigenvalue weighted by Gasteiger charge is 2.37. The Morgan fingerprint density at radius 1 is 0.696 bits per heavy atom. The van der Waals surface area contributed by atoms with Crippen molar-refractivity contribution in [1.29, 1.82) is 0 Å². The van der Waals surface area contributed by atoms with Crippen LogP contribution < -0.4 is 5.90 Å². The highest BCUT2D eigenvalue weighted by molar-refractivity contribution is 5.47. The molecule has 3 rings (SSSR count). The minimum atomic E-state index is -0.811. The summed E-state index contributed by atoms with van der Waals surface area (Å²) in [6, 6.07) is 28.7. The van der Waals surface area contributed by atoms with Gasteiger partial charge >= 0.3 is 0 Å². The average Bonchev–Trinajstić information content (AvgIpc) is 2.65. The van der Waals surface area contributed by atoms with E-state index in [0.29, 0.717) is 0 Å². The largest absolute Gasteiger partial charge is 0.283 e. The molecule has 0 unspecified atom stereocenters. The highest BCUT2D eigenvalue weighted by atomic mass is 16.6. The number of hydrogen-bond acceptors (Lipinski definition) is 2. The molecule has 0 bridgehead atoms. The molecule has 0 heterocycles. The highest BCUT2D eigenvalue weighted by Crippen LogP contribution is 2.39. The van der Waals surface area contributed by atoms with Gasteiger partial charge in [-0.15, -0.1) is 0 Å². The molecular formula is C21H21NO. The van der Waals surface area contributed by atoms with E-state index in [2.05, 4.69) is 31.2 Å². The van der Waals surface area contributed by atoms with Crippen LogP contribution in [-0.2, 0) is 16.9 Å². The number of nitrogens with two attached hydrogens (primary N) is 1. The molecule has 3 aromatic carbocycles. The molecular weight excluding hydrogens is 282 g/mol. The lowest BCUT2D eigenvalue weighted by Gasteiger charge is -2.33. The molecule has 2 N–H and O–H groups in total. The van der Waals surface area contributed by atoms with E-state index >= 15 is 0 Å². The topological polar surface area (TPSA) is 35.2 Å². The molecule has 3 aromatic rings. The van der Waals surface area contributed by atoms with Crippen LogP contribution in [-0.4, -0.2) is 0 Å². The molecule has 0 amide bonds. The van der Waals surface area contributed by atoms with E-state index in [1.807, 2.05) is 60.7 Å². The van der Waals surface area contributed by atoms with Crippen LogP contribution in [0.2, 0.25) is 0 Å². The molecule has 0 saturated carbocycles. The lowest BCUT2D eigenvalue weighted by Crippen LogP contribution is -2.35. The van der Waals surface area contributed by atoms with Crippen LogP contribution in [0.4, 0.5) is 0 Å². The summed E-state index contributed by atoms with van der Waals surface area (Å²) in [5, 5.41) is 0. The third kappa shape index (κ3) is 2.79. The predicted octanol–water partition coefficient (Wildman–Crippen LogP) is 4.43. The van der Waals surface area contributed by atoms with Gasteiger partial charge in [0.2, 0.25) is 0 Å². The van der Waals surface area contributed by atoms with E-state index in [0.717, 1.165) is 23.1 Å². The second-order valence-corrected chi connectivity index (χ2v) is 5.58. The zero-order valence-electron chi connectivity index (χ0n) is 13.3. The minimum absolute atomic E-state index is 0.811. The third-order valence-electron chi connectivity index (χ3n) is 4.31. The minimum Gasteiger partial charge on any atom is -0.283 e. The Hall–Kier alpha value is -2.42. The molecule has 23 heavy (non-hydrogen) atoms. The molecule has 0 radical (unpaired) electrons. The van der Waals surface area contributed by atoms with Crippen molar-refractivity contribution in [3.05, 3.63) is 107 Å². The van der Waals surface area contributed by atoms with Crippen molar-refractivity contribution in [1.82, 2.24) is 0 Å². The molecule has 0 fully saturated rings. The van der Waals surface area contributed by atoms with Crippen LogP contribution in [0.3, 0.4) is 0 Å². The van der Waals surface area contributed by atoms with Gasteiger partial charge in [-0.3, -0.25) is 4.84 Å². The van der Waals surface area contributed by atoms with E-state index in [9.17, 15) is 0 Å². The second-order valence-electron chi connectivity index (χ2n) is 5.58. The first-order valence-electron chi connectivity index (χ1n) is 7.89. The summed E-state index contributed by atoms with van der Waals surface area (Å²) >= 11 is 0. The molecule has 0 spiro atoms. The molecule has 0 aliphatic heterocycles. The Bertz CT molecular complexity index is 696. The SMILES string of the molecule is CCc1ccc(C(ON)(c2ccccc2)c2ccccc2)cc1. The third-order valence-corrected chi connectivity index (χ3v) is 4.31. The first-order valence-corrected chi connectivity index (χ1v) is 7.89. The van der Waals surface area contributed by atoms with E-state index < -0.39 is 5.60 Å². The predicted molar refractivity (Wildman–Crippen MR) is 93.9 cm³/mol. The quantitative estimate of drug-likeness (QED) is 0.559. The maximum atomic E-state index is 5.87. The standard InChI is InChI=1S/C21H21NO/c1-2-17-13-15-20(16-14-17)21(23-22,18-9-5-3-6-10-18)19-11-7-4-8-12-19/h3-16H,2,22H2,1H3. The van der Waals surface area contributed by atoms with Gasteiger partial charge in [-0.1, -0.05) is 91.9 Å². The van der Waals surface area contributed by atoms with Crippen molar-refractivity contribution in [2.75, 3.05) is 0 Å². The first kappa shape index (κ1) is 15.5. The lowest BCUT2D eigenvalue weighted by molar-refractivity contribution is 0.0117. The molecule has 0 atom stereocenters. The van der Waals surface area contributed by atoms with Crippen LogP contribution in [0.1, 0.15) is 29.2 Å². The lowest BCUT2D eigenvalue weighted by atomic mass is 9.80. The maximum Gasteiger partial charge on any atom is 0.164 e. The Morgan fingerprint density at radius 2 is 1.13 bits per heavy atom. The van der Waals surface area contributed by atoms with Crippen molar-refractivity contribution >= 4 is 0 Å². The molecule has 2 heteroatoms. The Kier molecular flexibility index (Phi) is 4.56. The molecule has 0 aliphatic rings. The summed E-state index contributed by atoms with van der Waals surface area (Å²) in [5.41, 5.74) is 3.53. The molecule has 0 saturated heterocycles. The number of rotatable bonds is 5. The van der Waals surface area contributed by atoms with Crippen LogP contribution in [0.15, 0.2) is 84.9 Å². The van der Waals surface area contributed by atoms with Gasteiger partial charge in [-0.25, -0.2) is 5.90 Å². The van der Waals surface area contributed by atoms with Crippen molar-refractivity contribution in [2.24, 2.45) is 5.90 Å². The van der Waals surface area contributed by atoms with Crippen molar-refractivity contribution in [3.63, 3.8) is 0 Å². The van der Waals surface area contributed by atoms with E-state index in [1.54, 1.807) is 0 Å². The van der Waals surface area contributed by atoms with Crippen molar-refractivity contribution in [3.8, 4) is 0 Å². The van der Waals surface area contributed by atoms with E-state index in [-0.39, 0.29) is 0 Å². The summed E-state index contributed by atoms with van der Waals surface area (Å²) in [5.74, 6) is 5.87. The maximum absolute atomic E-state index is 5.87. The summed E-state index contributed by atoms with van der Waals surface area (Å²) in [6.07, 6.45) is 1.01. The number of aryl methyl sites for hydroxylation is 1. The van der Waals surface area contributed by atoms with Crippen molar-refractivity contribution < 1.29 is 4.84 Å².